The summed E-state index contributed by atoms with van der Waals surface area (Å²) in [6.07, 6.45) is 0.999. The van der Waals surface area contributed by atoms with Crippen LogP contribution in [0.1, 0.15) is 42.0 Å². The van der Waals surface area contributed by atoms with E-state index in [1.807, 2.05) is 13.8 Å². The maximum atomic E-state index is 12.9. The van der Waals surface area contributed by atoms with Gasteiger partial charge in [-0.15, -0.1) is 0 Å². The summed E-state index contributed by atoms with van der Waals surface area (Å²) >= 11 is 0. The zero-order chi connectivity index (χ0) is 21.2. The molecule has 1 amide bonds. The van der Waals surface area contributed by atoms with Crippen LogP contribution in [0.5, 0.6) is 0 Å². The number of hydrogen-bond donors (Lipinski definition) is 2. The van der Waals surface area contributed by atoms with E-state index in [-0.39, 0.29) is 27.8 Å². The summed E-state index contributed by atoms with van der Waals surface area (Å²) in [7, 11) is -3.63. The zero-order valence-electron chi connectivity index (χ0n) is 16.0. The number of rotatable bonds is 4. The van der Waals surface area contributed by atoms with E-state index in [1.54, 1.807) is 12.1 Å². The third kappa shape index (κ3) is 4.29. The number of sulfonamides is 1. The quantitative estimate of drug-likeness (QED) is 0.787. The predicted molar refractivity (Wildman–Crippen MR) is 104 cm³/mol. The van der Waals surface area contributed by atoms with E-state index in [2.05, 4.69) is 15.3 Å². The van der Waals surface area contributed by atoms with Gasteiger partial charge in [0.15, 0.2) is 11.4 Å². The summed E-state index contributed by atoms with van der Waals surface area (Å²) in [5.41, 5.74) is 0.0567. The van der Waals surface area contributed by atoms with E-state index in [0.717, 1.165) is 6.42 Å². The fourth-order valence-electron chi connectivity index (χ4n) is 3.50. The summed E-state index contributed by atoms with van der Waals surface area (Å²) in [6, 6.07) is 9.16. The number of hydrogen-bond acceptors (Lipinski definition) is 6. The number of amides is 1. The molecule has 2 N–H and O–H groups in total. The lowest BCUT2D eigenvalue weighted by molar-refractivity contribution is 0.102. The first-order chi connectivity index (χ1) is 13.7. The Bertz CT molecular complexity index is 1070. The number of aromatic nitrogens is 2. The van der Waals surface area contributed by atoms with Crippen LogP contribution in [-0.2, 0) is 10.0 Å². The summed E-state index contributed by atoms with van der Waals surface area (Å²) in [4.78, 5) is 18.9. The van der Waals surface area contributed by atoms with E-state index < -0.39 is 15.9 Å². The average Bonchev–Trinajstić information content (AvgIpc) is 3.09. The van der Waals surface area contributed by atoms with Crippen LogP contribution in [0.15, 0.2) is 29.2 Å². The second-order valence-electron chi connectivity index (χ2n) is 7.28. The molecule has 1 saturated heterocycles. The molecule has 29 heavy (non-hydrogen) atoms. The van der Waals surface area contributed by atoms with E-state index in [4.69, 9.17) is 10.5 Å². The molecular weight excluding hydrogens is 392 g/mol. The van der Waals surface area contributed by atoms with Gasteiger partial charge < -0.3 is 4.98 Å². The number of nitrogens with zero attached hydrogens (tertiary/aromatic N) is 4. The molecule has 9 nitrogen and oxygen atoms in total. The number of nitrogens with one attached hydrogen (secondary N) is 2. The second kappa shape index (κ2) is 8.03. The molecule has 1 aliphatic heterocycles. The monoisotopic (exact) mass is 412 g/mol. The van der Waals surface area contributed by atoms with Crippen molar-refractivity contribution in [3.05, 3.63) is 41.2 Å². The number of carbonyl (C=O) groups is 1. The molecule has 0 bridgehead atoms. The minimum atomic E-state index is -3.63. The van der Waals surface area contributed by atoms with Gasteiger partial charge in [-0.25, -0.2) is 13.4 Å². The first-order valence-corrected chi connectivity index (χ1v) is 10.5. The summed E-state index contributed by atoms with van der Waals surface area (Å²) < 4.78 is 27.3. The van der Waals surface area contributed by atoms with Gasteiger partial charge in [-0.1, -0.05) is 13.8 Å². The molecule has 1 fully saturated rings. The van der Waals surface area contributed by atoms with Crippen LogP contribution in [0.4, 0.5) is 5.95 Å². The fraction of sp³-hybridized carbons (Fsp3) is 0.368. The minimum absolute atomic E-state index is 0.0314. The van der Waals surface area contributed by atoms with Crippen molar-refractivity contribution in [3.63, 3.8) is 0 Å². The number of nitriles is 2. The summed E-state index contributed by atoms with van der Waals surface area (Å²) in [5, 5.41) is 20.3. The van der Waals surface area contributed by atoms with Gasteiger partial charge in [0.2, 0.25) is 16.0 Å². The van der Waals surface area contributed by atoms with Gasteiger partial charge in [-0.3, -0.25) is 10.1 Å². The minimum Gasteiger partial charge on any atom is -0.314 e. The van der Waals surface area contributed by atoms with Gasteiger partial charge in [-0.2, -0.15) is 14.8 Å². The molecule has 1 aliphatic rings. The van der Waals surface area contributed by atoms with Gasteiger partial charge in [-0.05, 0) is 42.5 Å². The normalized spacial score (nSPS) is 19.9. The smallest absolute Gasteiger partial charge is 0.257 e. The molecule has 10 heteroatoms. The standard InChI is InChI=1S/C19H20N6O3S/c1-12-7-13(2)11-25(10-12)29(27,28)15-5-3-14(4-6-15)18(26)24-19-22-16(8-20)17(9-21)23-19/h3-6,12-13H,7,10-11H2,1-2H3,(H2,22,23,24,26)/t12-,13-/m0/s1. The highest BCUT2D eigenvalue weighted by molar-refractivity contribution is 7.89. The van der Waals surface area contributed by atoms with Crippen molar-refractivity contribution in [3.8, 4) is 12.1 Å². The summed E-state index contributed by atoms with van der Waals surface area (Å²) in [6.45, 7) is 5.04. The first-order valence-electron chi connectivity index (χ1n) is 9.06. The second-order valence-corrected chi connectivity index (χ2v) is 9.22. The Kier molecular flexibility index (Phi) is 5.69. The van der Waals surface area contributed by atoms with Crippen molar-refractivity contribution in [2.45, 2.75) is 25.2 Å². The SMILES string of the molecule is C[C@H]1C[C@H](C)CN(S(=O)(=O)c2ccc(C(=O)Nc3nc(C#N)c(C#N)[nH]3)cc2)C1. The predicted octanol–water partition coefficient (Wildman–Crippen LogP) is 2.07. The Morgan fingerprint density at radius 3 is 2.31 bits per heavy atom. The van der Waals surface area contributed by atoms with E-state index in [0.29, 0.717) is 24.9 Å². The van der Waals surface area contributed by atoms with Crippen LogP contribution >= 0.6 is 0 Å². The molecule has 1 aromatic carbocycles. The molecule has 150 valence electrons. The molecular formula is C19H20N6O3S. The number of benzene rings is 1. The van der Waals surface area contributed by atoms with Crippen LogP contribution in [0, 0.1) is 34.5 Å². The van der Waals surface area contributed by atoms with Crippen LogP contribution in [0.2, 0.25) is 0 Å². The van der Waals surface area contributed by atoms with Crippen molar-refractivity contribution < 1.29 is 13.2 Å². The zero-order valence-corrected chi connectivity index (χ0v) is 16.8. The Morgan fingerprint density at radius 2 is 1.79 bits per heavy atom. The van der Waals surface area contributed by atoms with Gasteiger partial charge in [0.25, 0.3) is 5.91 Å². The molecule has 3 rings (SSSR count). The lowest BCUT2D eigenvalue weighted by atomic mass is 9.94. The van der Waals surface area contributed by atoms with Crippen LogP contribution in [0.25, 0.3) is 0 Å². The molecule has 0 spiro atoms. The Labute approximate surface area is 169 Å². The molecule has 2 heterocycles. The molecule has 0 saturated carbocycles. The van der Waals surface area contributed by atoms with Crippen molar-refractivity contribution in [2.24, 2.45) is 11.8 Å². The highest BCUT2D eigenvalue weighted by Crippen LogP contribution is 2.26. The number of anilines is 1. The van der Waals surface area contributed by atoms with Gasteiger partial charge in [0.05, 0.1) is 4.90 Å². The maximum absolute atomic E-state index is 12.9. The van der Waals surface area contributed by atoms with E-state index >= 15 is 0 Å². The number of H-pyrrole nitrogens is 1. The maximum Gasteiger partial charge on any atom is 0.257 e. The van der Waals surface area contributed by atoms with Gasteiger partial charge in [0.1, 0.15) is 12.1 Å². The molecule has 0 radical (unpaired) electrons. The molecule has 1 aromatic heterocycles. The van der Waals surface area contributed by atoms with Gasteiger partial charge in [0, 0.05) is 18.7 Å². The number of carbonyl (C=O) groups excluding carboxylic acids is 1. The highest BCUT2D eigenvalue weighted by atomic mass is 32.2. The molecule has 2 atom stereocenters. The first kappa shape index (κ1) is 20.5. The van der Waals surface area contributed by atoms with E-state index in [1.165, 1.54) is 28.6 Å². The number of imidazole rings is 1. The third-order valence-corrected chi connectivity index (χ3v) is 6.59. The Hall–Kier alpha value is -3.21. The lowest BCUT2D eigenvalue weighted by Crippen LogP contribution is -2.42. The highest BCUT2D eigenvalue weighted by Gasteiger charge is 2.31. The largest absolute Gasteiger partial charge is 0.314 e. The third-order valence-electron chi connectivity index (χ3n) is 4.74. The van der Waals surface area contributed by atoms with Crippen molar-refractivity contribution in [1.82, 2.24) is 14.3 Å². The van der Waals surface area contributed by atoms with Crippen molar-refractivity contribution in [1.29, 1.82) is 10.5 Å². The topological polar surface area (TPSA) is 143 Å². The fourth-order valence-corrected chi connectivity index (χ4v) is 5.18. The van der Waals surface area contributed by atoms with Crippen molar-refractivity contribution >= 4 is 21.9 Å². The summed E-state index contributed by atoms with van der Waals surface area (Å²) in [5.74, 6) is 0.0138. The average molecular weight is 412 g/mol. The van der Waals surface area contributed by atoms with Crippen LogP contribution < -0.4 is 5.32 Å². The Balaban J connectivity index is 1.76. The number of piperidine rings is 1. The van der Waals surface area contributed by atoms with Gasteiger partial charge >= 0.3 is 0 Å². The molecule has 0 unspecified atom stereocenters. The van der Waals surface area contributed by atoms with Crippen LogP contribution in [0.3, 0.4) is 0 Å². The van der Waals surface area contributed by atoms with Crippen LogP contribution in [-0.4, -0.2) is 41.7 Å². The lowest BCUT2D eigenvalue weighted by Gasteiger charge is -2.34. The van der Waals surface area contributed by atoms with E-state index in [9.17, 15) is 13.2 Å². The molecule has 0 aliphatic carbocycles. The number of aromatic amines is 1. The molecule has 2 aromatic rings. The Morgan fingerprint density at radius 1 is 1.17 bits per heavy atom. The van der Waals surface area contributed by atoms with Crippen molar-refractivity contribution in [2.75, 3.05) is 18.4 Å².